The van der Waals surface area contributed by atoms with E-state index in [0.29, 0.717) is 32.1 Å². The maximum absolute atomic E-state index is 11.5. The number of aromatic nitrogens is 1. The Hall–Kier alpha value is -1.66. The van der Waals surface area contributed by atoms with Crippen LogP contribution in [0.4, 0.5) is 5.82 Å². The van der Waals surface area contributed by atoms with E-state index < -0.39 is 5.97 Å². The van der Waals surface area contributed by atoms with Crippen LogP contribution in [-0.2, 0) is 9.47 Å². The molecule has 1 N–H and O–H groups in total. The van der Waals surface area contributed by atoms with E-state index in [4.69, 9.17) is 9.47 Å². The largest absolute Gasteiger partial charge is 0.478 e. The number of carboxylic acid groups (broad SMARTS) is 1. The SMILES string of the molecule is COCCCN(CCOC)c1nc(C)cc(C)c1C(=O)O. The van der Waals surface area contributed by atoms with E-state index in [9.17, 15) is 9.90 Å². The van der Waals surface area contributed by atoms with Gasteiger partial charge in [-0.25, -0.2) is 9.78 Å². The Morgan fingerprint density at radius 2 is 1.90 bits per heavy atom. The number of carbonyl (C=O) groups is 1. The lowest BCUT2D eigenvalue weighted by atomic mass is 10.1. The van der Waals surface area contributed by atoms with E-state index >= 15 is 0 Å². The average molecular weight is 296 g/mol. The van der Waals surface area contributed by atoms with Gasteiger partial charge < -0.3 is 19.5 Å². The standard InChI is InChI=1S/C15H24N2O4/c1-11-10-12(2)16-14(13(11)15(18)19)17(7-9-21-4)6-5-8-20-3/h10H,5-9H2,1-4H3,(H,18,19). The van der Waals surface area contributed by atoms with Crippen LogP contribution in [0.1, 0.15) is 28.0 Å². The van der Waals surface area contributed by atoms with Gasteiger partial charge in [0.2, 0.25) is 0 Å². The molecule has 0 unspecified atom stereocenters. The number of hydrogen-bond donors (Lipinski definition) is 1. The third kappa shape index (κ3) is 4.99. The molecule has 21 heavy (non-hydrogen) atoms. The first-order chi connectivity index (χ1) is 10.0. The minimum absolute atomic E-state index is 0.258. The zero-order chi connectivity index (χ0) is 15.8. The third-order valence-electron chi connectivity index (χ3n) is 3.18. The van der Waals surface area contributed by atoms with Crippen LogP contribution in [-0.4, -0.2) is 56.6 Å². The first-order valence-electron chi connectivity index (χ1n) is 6.95. The Morgan fingerprint density at radius 3 is 2.48 bits per heavy atom. The Labute approximate surface area is 125 Å². The van der Waals surface area contributed by atoms with Gasteiger partial charge >= 0.3 is 5.97 Å². The van der Waals surface area contributed by atoms with Gasteiger partial charge in [-0.3, -0.25) is 0 Å². The normalized spacial score (nSPS) is 10.7. The minimum Gasteiger partial charge on any atom is -0.478 e. The summed E-state index contributed by atoms with van der Waals surface area (Å²) in [5.74, 6) is -0.447. The molecule has 0 aliphatic rings. The average Bonchev–Trinajstić information content (AvgIpc) is 2.41. The monoisotopic (exact) mass is 296 g/mol. The summed E-state index contributed by atoms with van der Waals surface area (Å²) in [4.78, 5) is 17.9. The van der Waals surface area contributed by atoms with Gasteiger partial charge in [-0.1, -0.05) is 0 Å². The van der Waals surface area contributed by atoms with Crippen molar-refractivity contribution in [1.29, 1.82) is 0 Å². The lowest BCUT2D eigenvalue weighted by Crippen LogP contribution is -2.32. The minimum atomic E-state index is -0.954. The number of nitrogens with zero attached hydrogens (tertiary/aromatic N) is 2. The highest BCUT2D eigenvalue weighted by Gasteiger charge is 2.20. The van der Waals surface area contributed by atoms with E-state index in [1.54, 1.807) is 27.2 Å². The van der Waals surface area contributed by atoms with E-state index in [-0.39, 0.29) is 5.56 Å². The fourth-order valence-corrected chi connectivity index (χ4v) is 2.24. The van der Waals surface area contributed by atoms with Gasteiger partial charge in [0.15, 0.2) is 0 Å². The van der Waals surface area contributed by atoms with Crippen LogP contribution in [0.2, 0.25) is 0 Å². The molecule has 0 amide bonds. The van der Waals surface area contributed by atoms with Crippen molar-refractivity contribution in [3.63, 3.8) is 0 Å². The summed E-state index contributed by atoms with van der Waals surface area (Å²) in [5, 5.41) is 9.46. The van der Waals surface area contributed by atoms with Gasteiger partial charge in [-0.2, -0.15) is 0 Å². The quantitative estimate of drug-likeness (QED) is 0.702. The topological polar surface area (TPSA) is 71.9 Å². The summed E-state index contributed by atoms with van der Waals surface area (Å²) >= 11 is 0. The highest BCUT2D eigenvalue weighted by Crippen LogP contribution is 2.23. The number of anilines is 1. The highest BCUT2D eigenvalue weighted by atomic mass is 16.5. The van der Waals surface area contributed by atoms with Gasteiger partial charge in [0.05, 0.1) is 6.61 Å². The van der Waals surface area contributed by atoms with Crippen LogP contribution < -0.4 is 4.90 Å². The van der Waals surface area contributed by atoms with Crippen molar-refractivity contribution in [3.8, 4) is 0 Å². The highest BCUT2D eigenvalue weighted by molar-refractivity contribution is 5.95. The molecule has 6 nitrogen and oxygen atoms in total. The molecule has 0 aliphatic carbocycles. The number of carboxylic acids is 1. The molecule has 0 spiro atoms. The number of rotatable bonds is 9. The predicted molar refractivity (Wildman–Crippen MR) is 81.3 cm³/mol. The number of ether oxygens (including phenoxy) is 2. The summed E-state index contributed by atoms with van der Waals surface area (Å²) in [7, 11) is 3.28. The molecule has 0 saturated carbocycles. The molecule has 0 bridgehead atoms. The van der Waals surface area contributed by atoms with Crippen molar-refractivity contribution in [2.75, 3.05) is 45.4 Å². The lowest BCUT2D eigenvalue weighted by Gasteiger charge is -2.26. The van der Waals surface area contributed by atoms with Crippen molar-refractivity contribution in [2.24, 2.45) is 0 Å². The van der Waals surface area contributed by atoms with Crippen molar-refractivity contribution in [2.45, 2.75) is 20.3 Å². The molecule has 1 aromatic heterocycles. The molecular formula is C15H24N2O4. The fraction of sp³-hybridized carbons (Fsp3) is 0.600. The van der Waals surface area contributed by atoms with Crippen molar-refractivity contribution < 1.29 is 19.4 Å². The second-order valence-electron chi connectivity index (χ2n) is 4.91. The molecule has 0 fully saturated rings. The zero-order valence-electron chi connectivity index (χ0n) is 13.2. The van der Waals surface area contributed by atoms with Gasteiger partial charge in [-0.15, -0.1) is 0 Å². The van der Waals surface area contributed by atoms with Crippen LogP contribution >= 0.6 is 0 Å². The second-order valence-corrected chi connectivity index (χ2v) is 4.91. The first kappa shape index (κ1) is 17.4. The Morgan fingerprint density at radius 1 is 1.24 bits per heavy atom. The summed E-state index contributed by atoms with van der Waals surface area (Å²) < 4.78 is 10.2. The molecule has 0 aromatic carbocycles. The van der Waals surface area contributed by atoms with E-state index in [1.165, 1.54) is 0 Å². The van der Waals surface area contributed by atoms with Crippen molar-refractivity contribution in [1.82, 2.24) is 4.98 Å². The molecule has 0 saturated heterocycles. The Balaban J connectivity index is 3.11. The van der Waals surface area contributed by atoms with Crippen LogP contribution in [0, 0.1) is 13.8 Å². The first-order valence-corrected chi connectivity index (χ1v) is 6.95. The van der Waals surface area contributed by atoms with E-state index in [1.807, 2.05) is 11.8 Å². The molecule has 1 heterocycles. The molecular weight excluding hydrogens is 272 g/mol. The summed E-state index contributed by atoms with van der Waals surface area (Å²) in [6.07, 6.45) is 0.800. The third-order valence-corrected chi connectivity index (χ3v) is 3.18. The Kier molecular flexibility index (Phi) is 7.11. The number of methoxy groups -OCH3 is 2. The van der Waals surface area contributed by atoms with Crippen LogP contribution in [0.15, 0.2) is 6.07 Å². The maximum atomic E-state index is 11.5. The van der Waals surface area contributed by atoms with Gasteiger partial charge in [0, 0.05) is 39.6 Å². The number of hydrogen-bond acceptors (Lipinski definition) is 5. The van der Waals surface area contributed by atoms with Crippen LogP contribution in [0.3, 0.4) is 0 Å². The number of aryl methyl sites for hydroxylation is 2. The summed E-state index contributed by atoms with van der Waals surface area (Å²) in [5.41, 5.74) is 1.79. The van der Waals surface area contributed by atoms with E-state index in [0.717, 1.165) is 17.7 Å². The van der Waals surface area contributed by atoms with Gasteiger partial charge in [0.1, 0.15) is 11.4 Å². The molecule has 1 aromatic rings. The second kappa shape index (κ2) is 8.59. The molecule has 1 rings (SSSR count). The van der Waals surface area contributed by atoms with Gasteiger partial charge in [-0.05, 0) is 31.9 Å². The predicted octanol–water partition coefficient (Wildman–Crippen LogP) is 1.89. The zero-order valence-corrected chi connectivity index (χ0v) is 13.2. The number of aromatic carboxylic acids is 1. The molecule has 6 heteroatoms. The Bertz CT molecular complexity index is 477. The molecule has 0 aliphatic heterocycles. The molecule has 0 radical (unpaired) electrons. The fourth-order valence-electron chi connectivity index (χ4n) is 2.24. The molecule has 118 valence electrons. The van der Waals surface area contributed by atoms with Crippen LogP contribution in [0.25, 0.3) is 0 Å². The maximum Gasteiger partial charge on any atom is 0.339 e. The lowest BCUT2D eigenvalue weighted by molar-refractivity contribution is 0.0696. The van der Waals surface area contributed by atoms with Crippen LogP contribution in [0.5, 0.6) is 0 Å². The van der Waals surface area contributed by atoms with Crippen molar-refractivity contribution >= 4 is 11.8 Å². The number of pyridine rings is 1. The van der Waals surface area contributed by atoms with Gasteiger partial charge in [0.25, 0.3) is 0 Å². The summed E-state index contributed by atoms with van der Waals surface area (Å²) in [6.45, 7) is 6.07. The summed E-state index contributed by atoms with van der Waals surface area (Å²) in [6, 6.07) is 1.79. The van der Waals surface area contributed by atoms with E-state index in [2.05, 4.69) is 4.98 Å². The smallest absolute Gasteiger partial charge is 0.339 e. The van der Waals surface area contributed by atoms with Crippen molar-refractivity contribution in [3.05, 3.63) is 22.9 Å². The molecule has 0 atom stereocenters.